The Bertz CT molecular complexity index is 747. The van der Waals surface area contributed by atoms with E-state index in [9.17, 15) is 9.18 Å². The zero-order valence-electron chi connectivity index (χ0n) is 13.1. The van der Waals surface area contributed by atoms with Crippen LogP contribution in [0.5, 0.6) is 11.5 Å². The fourth-order valence-corrected chi connectivity index (χ4v) is 3.07. The van der Waals surface area contributed by atoms with Crippen LogP contribution in [-0.2, 0) is 4.79 Å². The highest BCUT2D eigenvalue weighted by Gasteiger charge is 2.44. The number of amides is 1. The van der Waals surface area contributed by atoms with Crippen molar-refractivity contribution >= 4 is 5.91 Å². The van der Waals surface area contributed by atoms with Crippen LogP contribution >= 0.6 is 0 Å². The number of benzene rings is 2. The zero-order valence-corrected chi connectivity index (χ0v) is 13.1. The monoisotopic (exact) mass is 327 g/mol. The van der Waals surface area contributed by atoms with Crippen LogP contribution in [-0.4, -0.2) is 25.2 Å². The molecule has 1 N–H and O–H groups in total. The highest BCUT2D eigenvalue weighted by Crippen LogP contribution is 2.47. The van der Waals surface area contributed by atoms with Gasteiger partial charge in [-0.25, -0.2) is 4.39 Å². The van der Waals surface area contributed by atoms with Gasteiger partial charge in [0.2, 0.25) is 5.91 Å². The third-order valence-corrected chi connectivity index (χ3v) is 4.50. The van der Waals surface area contributed by atoms with Gasteiger partial charge < -0.3 is 14.8 Å². The van der Waals surface area contributed by atoms with Gasteiger partial charge in [0.25, 0.3) is 0 Å². The number of nitrogens with one attached hydrogen (secondary N) is 1. The van der Waals surface area contributed by atoms with Crippen molar-refractivity contribution in [1.82, 2.24) is 5.32 Å². The number of halogens is 1. The molecule has 1 saturated carbocycles. The Kier molecular flexibility index (Phi) is 3.84. The first-order chi connectivity index (χ1) is 11.7. The van der Waals surface area contributed by atoms with Crippen LogP contribution in [0.3, 0.4) is 0 Å². The van der Waals surface area contributed by atoms with Crippen molar-refractivity contribution in [2.45, 2.75) is 18.4 Å². The Morgan fingerprint density at radius 2 is 1.88 bits per heavy atom. The van der Waals surface area contributed by atoms with Gasteiger partial charge in [-0.2, -0.15) is 0 Å². The molecule has 124 valence electrons. The summed E-state index contributed by atoms with van der Waals surface area (Å²) in [4.78, 5) is 12.3. The maximum atomic E-state index is 13.0. The number of rotatable bonds is 4. The molecule has 1 aliphatic carbocycles. The van der Waals surface area contributed by atoms with E-state index in [1.165, 1.54) is 12.1 Å². The van der Waals surface area contributed by atoms with Gasteiger partial charge >= 0.3 is 0 Å². The standard InChI is InChI=1S/C19H18FNO3/c20-13-7-5-12(6-8-13)15-9-16(15)19(22)21-10-14-11-23-17-3-1-2-4-18(17)24-14/h1-8,14-16H,9-11H2,(H,21,22). The van der Waals surface area contributed by atoms with Crippen LogP contribution in [0.4, 0.5) is 4.39 Å². The van der Waals surface area contributed by atoms with Gasteiger partial charge in [0.05, 0.1) is 6.54 Å². The van der Waals surface area contributed by atoms with E-state index in [4.69, 9.17) is 9.47 Å². The zero-order chi connectivity index (χ0) is 16.5. The summed E-state index contributed by atoms with van der Waals surface area (Å²) in [5.41, 5.74) is 1.02. The Morgan fingerprint density at radius 3 is 2.67 bits per heavy atom. The van der Waals surface area contributed by atoms with Crippen molar-refractivity contribution < 1.29 is 18.7 Å². The Hall–Kier alpha value is -2.56. The van der Waals surface area contributed by atoms with Crippen molar-refractivity contribution in [2.75, 3.05) is 13.2 Å². The van der Waals surface area contributed by atoms with E-state index in [0.29, 0.717) is 18.9 Å². The largest absolute Gasteiger partial charge is 0.486 e. The quantitative estimate of drug-likeness (QED) is 0.939. The third-order valence-electron chi connectivity index (χ3n) is 4.50. The van der Waals surface area contributed by atoms with Crippen LogP contribution in [0.1, 0.15) is 17.9 Å². The molecule has 2 aliphatic rings. The molecule has 4 rings (SSSR count). The van der Waals surface area contributed by atoms with Crippen molar-refractivity contribution in [2.24, 2.45) is 5.92 Å². The first kappa shape index (κ1) is 15.0. The summed E-state index contributed by atoms with van der Waals surface area (Å²) < 4.78 is 24.4. The van der Waals surface area contributed by atoms with E-state index < -0.39 is 0 Å². The summed E-state index contributed by atoms with van der Waals surface area (Å²) in [6.07, 6.45) is 0.620. The molecule has 3 atom stereocenters. The Balaban J connectivity index is 1.28. The number of fused-ring (bicyclic) bond motifs is 1. The first-order valence-corrected chi connectivity index (χ1v) is 8.12. The van der Waals surface area contributed by atoms with Crippen molar-refractivity contribution in [3.8, 4) is 11.5 Å². The number of ether oxygens (including phenoxy) is 2. The molecule has 5 heteroatoms. The first-order valence-electron chi connectivity index (χ1n) is 8.12. The molecular formula is C19H18FNO3. The second-order valence-corrected chi connectivity index (χ2v) is 6.24. The predicted molar refractivity (Wildman–Crippen MR) is 86.6 cm³/mol. The maximum Gasteiger partial charge on any atom is 0.223 e. The fraction of sp³-hybridized carbons (Fsp3) is 0.316. The van der Waals surface area contributed by atoms with E-state index in [2.05, 4.69) is 5.32 Å². The lowest BCUT2D eigenvalue weighted by Gasteiger charge is -2.26. The normalized spacial score (nSPS) is 24.3. The molecule has 0 bridgehead atoms. The average molecular weight is 327 g/mol. The third kappa shape index (κ3) is 3.07. The van der Waals surface area contributed by atoms with Crippen LogP contribution in [0.25, 0.3) is 0 Å². The summed E-state index contributed by atoms with van der Waals surface area (Å²) in [6, 6.07) is 13.9. The van der Waals surface area contributed by atoms with E-state index in [-0.39, 0.29) is 29.7 Å². The number of para-hydroxylation sites is 2. The second-order valence-electron chi connectivity index (χ2n) is 6.24. The number of hydrogen-bond donors (Lipinski definition) is 1. The van der Waals surface area contributed by atoms with Crippen LogP contribution in [0.15, 0.2) is 48.5 Å². The van der Waals surface area contributed by atoms with Crippen molar-refractivity contribution in [1.29, 1.82) is 0 Å². The van der Waals surface area contributed by atoms with Gasteiger partial charge in [-0.15, -0.1) is 0 Å². The second kappa shape index (κ2) is 6.15. The number of carbonyl (C=O) groups is 1. The lowest BCUT2D eigenvalue weighted by Crippen LogP contribution is -2.41. The molecular weight excluding hydrogens is 309 g/mol. The van der Waals surface area contributed by atoms with Gasteiger partial charge in [-0.05, 0) is 42.2 Å². The van der Waals surface area contributed by atoms with Gasteiger partial charge in [0.15, 0.2) is 11.5 Å². The molecule has 2 aromatic rings. The summed E-state index contributed by atoms with van der Waals surface area (Å²) in [7, 11) is 0. The smallest absolute Gasteiger partial charge is 0.223 e. The molecule has 0 radical (unpaired) electrons. The average Bonchev–Trinajstić information content (AvgIpc) is 3.41. The highest BCUT2D eigenvalue weighted by molar-refractivity contribution is 5.82. The number of hydrogen-bond acceptors (Lipinski definition) is 3. The molecule has 4 nitrogen and oxygen atoms in total. The minimum Gasteiger partial charge on any atom is -0.486 e. The van der Waals surface area contributed by atoms with E-state index >= 15 is 0 Å². The molecule has 1 fully saturated rings. The molecule has 2 aromatic carbocycles. The SMILES string of the molecule is O=C(NCC1COc2ccccc2O1)C1CC1c1ccc(F)cc1. The molecule has 0 saturated heterocycles. The van der Waals surface area contributed by atoms with E-state index in [0.717, 1.165) is 17.7 Å². The number of carbonyl (C=O) groups excluding carboxylic acids is 1. The van der Waals surface area contributed by atoms with Crippen molar-refractivity contribution in [3.63, 3.8) is 0 Å². The summed E-state index contributed by atoms with van der Waals surface area (Å²) in [5, 5.41) is 2.94. The molecule has 0 aromatic heterocycles. The summed E-state index contributed by atoms with van der Waals surface area (Å²) in [5.74, 6) is 1.36. The van der Waals surface area contributed by atoms with Gasteiger partial charge in [0, 0.05) is 5.92 Å². The topological polar surface area (TPSA) is 47.6 Å². The maximum absolute atomic E-state index is 13.0. The van der Waals surface area contributed by atoms with Gasteiger partial charge in [-0.3, -0.25) is 4.79 Å². The minimum atomic E-state index is -0.255. The summed E-state index contributed by atoms with van der Waals surface area (Å²) in [6.45, 7) is 0.836. The molecule has 1 amide bonds. The minimum absolute atomic E-state index is 0.0202. The molecule has 24 heavy (non-hydrogen) atoms. The van der Waals surface area contributed by atoms with Gasteiger partial charge in [-0.1, -0.05) is 24.3 Å². The lowest BCUT2D eigenvalue weighted by molar-refractivity contribution is -0.122. The van der Waals surface area contributed by atoms with Crippen LogP contribution < -0.4 is 14.8 Å². The molecule has 3 unspecified atom stereocenters. The van der Waals surface area contributed by atoms with E-state index in [1.807, 2.05) is 24.3 Å². The molecule has 0 spiro atoms. The lowest BCUT2D eigenvalue weighted by atomic mass is 10.1. The van der Waals surface area contributed by atoms with E-state index in [1.54, 1.807) is 12.1 Å². The molecule has 1 heterocycles. The Labute approximate surface area is 139 Å². The Morgan fingerprint density at radius 1 is 1.12 bits per heavy atom. The van der Waals surface area contributed by atoms with Crippen LogP contribution in [0.2, 0.25) is 0 Å². The summed E-state index contributed by atoms with van der Waals surface area (Å²) >= 11 is 0. The fourth-order valence-electron chi connectivity index (χ4n) is 3.07. The molecule has 1 aliphatic heterocycles. The van der Waals surface area contributed by atoms with Gasteiger partial charge in [0.1, 0.15) is 18.5 Å². The predicted octanol–water partition coefficient (Wildman–Crippen LogP) is 2.89. The van der Waals surface area contributed by atoms with Crippen molar-refractivity contribution in [3.05, 3.63) is 59.9 Å². The van der Waals surface area contributed by atoms with Crippen LogP contribution in [0, 0.1) is 11.7 Å². The highest BCUT2D eigenvalue weighted by atomic mass is 19.1.